The minimum Gasteiger partial charge on any atom is -0.462 e. The first kappa shape index (κ1) is 14.6. The normalized spacial score (nSPS) is 34.7. The number of carbonyl (C=O) groups is 1. The Morgan fingerprint density at radius 2 is 1.89 bits per heavy atom. The Bertz CT molecular complexity index is 280. The Morgan fingerprint density at radius 1 is 1.28 bits per heavy atom. The van der Waals surface area contributed by atoms with Gasteiger partial charge in [-0.05, 0) is 50.4 Å². The lowest BCUT2D eigenvalue weighted by Gasteiger charge is -2.41. The quantitative estimate of drug-likeness (QED) is 0.421. The lowest BCUT2D eigenvalue weighted by Crippen LogP contribution is -2.35. The van der Waals surface area contributed by atoms with E-state index in [-0.39, 0.29) is 16.0 Å². The largest absolute Gasteiger partial charge is 0.462 e. The molecule has 0 aliphatic heterocycles. The molecule has 0 aromatic carbocycles. The summed E-state index contributed by atoms with van der Waals surface area (Å²) in [5, 5.41) is 0. The smallest absolute Gasteiger partial charge is 0.319 e. The average molecular weight is 364 g/mol. The molecule has 3 heteroatoms. The number of halogens is 1. The van der Waals surface area contributed by atoms with Crippen molar-refractivity contribution < 1.29 is 9.53 Å². The highest BCUT2D eigenvalue weighted by Crippen LogP contribution is 2.44. The molecule has 104 valence electrons. The van der Waals surface area contributed by atoms with E-state index in [1.807, 2.05) is 6.92 Å². The van der Waals surface area contributed by atoms with Gasteiger partial charge in [-0.2, -0.15) is 0 Å². The van der Waals surface area contributed by atoms with E-state index in [0.29, 0.717) is 5.92 Å². The maximum absolute atomic E-state index is 11.8. The van der Waals surface area contributed by atoms with Gasteiger partial charge in [-0.15, -0.1) is 0 Å². The van der Waals surface area contributed by atoms with Crippen LogP contribution in [0.5, 0.6) is 0 Å². The first-order valence-electron chi connectivity index (χ1n) is 7.44. The van der Waals surface area contributed by atoms with Gasteiger partial charge in [0, 0.05) is 0 Å². The van der Waals surface area contributed by atoms with E-state index >= 15 is 0 Å². The molecule has 0 amide bonds. The van der Waals surface area contributed by atoms with Gasteiger partial charge >= 0.3 is 5.97 Å². The van der Waals surface area contributed by atoms with Crippen LogP contribution in [0.3, 0.4) is 0 Å². The molecule has 2 rings (SSSR count). The summed E-state index contributed by atoms with van der Waals surface area (Å²) >= 11 is 2.19. The number of hydrogen-bond acceptors (Lipinski definition) is 2. The molecule has 18 heavy (non-hydrogen) atoms. The number of hydrogen-bond donors (Lipinski definition) is 0. The van der Waals surface area contributed by atoms with Crippen LogP contribution >= 0.6 is 22.6 Å². The Hall–Kier alpha value is 0.200. The van der Waals surface area contributed by atoms with E-state index < -0.39 is 0 Å². The molecule has 0 heterocycles. The van der Waals surface area contributed by atoms with Gasteiger partial charge in [-0.1, -0.05) is 48.8 Å². The zero-order valence-corrected chi connectivity index (χ0v) is 13.7. The number of fused-ring (bicyclic) bond motifs is 2. The summed E-state index contributed by atoms with van der Waals surface area (Å²) in [6.07, 6.45) is 9.19. The summed E-state index contributed by atoms with van der Waals surface area (Å²) in [5.74, 6) is 2.41. The molecule has 2 saturated carbocycles. The third-order valence-corrected chi connectivity index (χ3v) is 6.13. The topological polar surface area (TPSA) is 26.3 Å². The molecular formula is C15H25IO2. The number of alkyl halides is 1. The Morgan fingerprint density at radius 3 is 2.44 bits per heavy atom. The molecule has 2 aliphatic carbocycles. The third-order valence-electron chi connectivity index (χ3n) is 4.74. The van der Waals surface area contributed by atoms with Gasteiger partial charge in [0.25, 0.3) is 0 Å². The minimum absolute atomic E-state index is 0.0127. The Labute approximate surface area is 124 Å². The predicted octanol–water partition coefficient (Wildman–Crippen LogP) is 4.35. The van der Waals surface area contributed by atoms with Crippen molar-refractivity contribution in [3.8, 4) is 0 Å². The van der Waals surface area contributed by atoms with E-state index in [4.69, 9.17) is 4.74 Å². The molecule has 4 atom stereocenters. The van der Waals surface area contributed by atoms with Crippen molar-refractivity contribution in [2.75, 3.05) is 0 Å². The second kappa shape index (κ2) is 6.58. The highest BCUT2D eigenvalue weighted by Gasteiger charge is 2.35. The van der Waals surface area contributed by atoms with Gasteiger partial charge in [-0.3, -0.25) is 4.79 Å². The average Bonchev–Trinajstić information content (AvgIpc) is 2.37. The zero-order valence-electron chi connectivity index (χ0n) is 11.5. The lowest BCUT2D eigenvalue weighted by atomic mass is 9.67. The van der Waals surface area contributed by atoms with Crippen LogP contribution in [-0.4, -0.2) is 16.0 Å². The molecule has 0 N–H and O–H groups in total. The summed E-state index contributed by atoms with van der Waals surface area (Å²) in [5.41, 5.74) is 0. The molecule has 2 fully saturated rings. The van der Waals surface area contributed by atoms with Gasteiger partial charge < -0.3 is 4.74 Å². The number of ether oxygens (including phenoxy) is 1. The summed E-state index contributed by atoms with van der Waals surface area (Å²) in [7, 11) is 0. The van der Waals surface area contributed by atoms with Crippen LogP contribution in [0.2, 0.25) is 0 Å². The molecule has 0 saturated heterocycles. The van der Waals surface area contributed by atoms with E-state index in [1.165, 1.54) is 38.5 Å². The summed E-state index contributed by atoms with van der Waals surface area (Å²) in [6.45, 7) is 4.14. The summed E-state index contributed by atoms with van der Waals surface area (Å²) < 4.78 is 5.68. The maximum atomic E-state index is 11.8. The van der Waals surface area contributed by atoms with Crippen molar-refractivity contribution in [3.63, 3.8) is 0 Å². The molecule has 0 spiro atoms. The van der Waals surface area contributed by atoms with Crippen LogP contribution in [0.25, 0.3) is 0 Å². The predicted molar refractivity (Wildman–Crippen MR) is 81.8 cm³/mol. The molecule has 0 aromatic heterocycles. The lowest BCUT2D eigenvalue weighted by molar-refractivity contribution is -0.151. The molecule has 0 radical (unpaired) electrons. The maximum Gasteiger partial charge on any atom is 0.319 e. The van der Waals surface area contributed by atoms with E-state index in [2.05, 4.69) is 29.5 Å². The standard InChI is InChI=1S/C15H25IO2/c1-3-14(16)15(17)18-10(2)13-8-11-5-4-6-12(7-11)9-13/h10-14H,3-9H2,1-2H3. The fraction of sp³-hybridized carbons (Fsp3) is 0.933. The zero-order chi connectivity index (χ0) is 13.1. The first-order chi connectivity index (χ1) is 8.60. The van der Waals surface area contributed by atoms with Crippen LogP contribution in [0.15, 0.2) is 0 Å². The van der Waals surface area contributed by atoms with Gasteiger partial charge in [0.05, 0.1) is 0 Å². The Kier molecular flexibility index (Phi) is 5.34. The molecular weight excluding hydrogens is 339 g/mol. The number of esters is 1. The van der Waals surface area contributed by atoms with Gasteiger partial charge in [0.2, 0.25) is 0 Å². The van der Waals surface area contributed by atoms with Crippen LogP contribution in [0, 0.1) is 17.8 Å². The van der Waals surface area contributed by atoms with Crippen LogP contribution in [0.1, 0.15) is 58.8 Å². The van der Waals surface area contributed by atoms with E-state index in [1.54, 1.807) is 0 Å². The molecule has 0 aromatic rings. The van der Waals surface area contributed by atoms with E-state index in [0.717, 1.165) is 18.3 Å². The SMILES string of the molecule is CCC(I)C(=O)OC(C)C1CC2CCCC(C2)C1. The van der Waals surface area contributed by atoms with Crippen LogP contribution in [0.4, 0.5) is 0 Å². The van der Waals surface area contributed by atoms with Gasteiger partial charge in [-0.25, -0.2) is 0 Å². The highest BCUT2D eigenvalue weighted by atomic mass is 127. The van der Waals surface area contributed by atoms with Crippen molar-refractivity contribution in [2.24, 2.45) is 17.8 Å². The van der Waals surface area contributed by atoms with Crippen molar-refractivity contribution in [1.82, 2.24) is 0 Å². The van der Waals surface area contributed by atoms with Crippen molar-refractivity contribution in [2.45, 2.75) is 68.8 Å². The first-order valence-corrected chi connectivity index (χ1v) is 8.69. The molecule has 2 bridgehead atoms. The van der Waals surface area contributed by atoms with Crippen molar-refractivity contribution >= 4 is 28.6 Å². The minimum atomic E-state index is -0.0127. The monoisotopic (exact) mass is 364 g/mol. The van der Waals surface area contributed by atoms with E-state index in [9.17, 15) is 4.79 Å². The number of rotatable bonds is 4. The van der Waals surface area contributed by atoms with Crippen molar-refractivity contribution in [3.05, 3.63) is 0 Å². The third kappa shape index (κ3) is 3.61. The fourth-order valence-electron chi connectivity index (χ4n) is 3.69. The fourth-order valence-corrected chi connectivity index (χ4v) is 3.83. The summed E-state index contributed by atoms with van der Waals surface area (Å²) in [4.78, 5) is 11.8. The van der Waals surface area contributed by atoms with Crippen LogP contribution in [-0.2, 0) is 9.53 Å². The number of carbonyl (C=O) groups excluding carboxylic acids is 1. The molecule has 2 nitrogen and oxygen atoms in total. The molecule has 4 unspecified atom stereocenters. The van der Waals surface area contributed by atoms with Crippen molar-refractivity contribution in [1.29, 1.82) is 0 Å². The second-order valence-corrected chi connectivity index (χ2v) is 7.65. The van der Waals surface area contributed by atoms with Crippen LogP contribution < -0.4 is 0 Å². The molecule has 2 aliphatic rings. The van der Waals surface area contributed by atoms with Gasteiger partial charge in [0.15, 0.2) is 0 Å². The van der Waals surface area contributed by atoms with Gasteiger partial charge in [0.1, 0.15) is 10.0 Å². The summed E-state index contributed by atoms with van der Waals surface area (Å²) in [6, 6.07) is 0. The Balaban J connectivity index is 1.85. The highest BCUT2D eigenvalue weighted by molar-refractivity contribution is 14.1. The second-order valence-electron chi connectivity index (χ2n) is 6.15.